The lowest BCUT2D eigenvalue weighted by Crippen LogP contribution is -2.11. The molecule has 0 unspecified atom stereocenters. The van der Waals surface area contributed by atoms with E-state index in [9.17, 15) is 8.42 Å². The zero-order chi connectivity index (χ0) is 15.3. The summed E-state index contributed by atoms with van der Waals surface area (Å²) in [6.45, 7) is 0.902. The highest BCUT2D eigenvalue weighted by molar-refractivity contribution is 7.89. The molecular weight excluding hydrogens is 290 g/mol. The number of nitrogens with one attached hydrogen (secondary N) is 1. The summed E-state index contributed by atoms with van der Waals surface area (Å²) in [6.07, 6.45) is 0. The van der Waals surface area contributed by atoms with Gasteiger partial charge in [-0.25, -0.2) is 13.6 Å². The third-order valence-electron chi connectivity index (χ3n) is 2.69. The van der Waals surface area contributed by atoms with E-state index in [2.05, 4.69) is 5.32 Å². The van der Waals surface area contributed by atoms with Gasteiger partial charge in [0.2, 0.25) is 10.0 Å². The molecule has 0 heterocycles. The van der Waals surface area contributed by atoms with Crippen LogP contribution >= 0.6 is 0 Å². The van der Waals surface area contributed by atoms with Crippen LogP contribution in [0.1, 0.15) is 0 Å². The van der Waals surface area contributed by atoms with E-state index < -0.39 is 10.0 Å². The summed E-state index contributed by atoms with van der Waals surface area (Å²) in [6, 6.07) is 13.6. The molecule has 0 saturated carbocycles. The predicted octanol–water partition coefficient (Wildman–Crippen LogP) is 1.42. The topological polar surface area (TPSA) is 107 Å². The van der Waals surface area contributed by atoms with Crippen molar-refractivity contribution in [2.24, 2.45) is 10.9 Å². The van der Waals surface area contributed by atoms with Crippen LogP contribution < -0.4 is 20.9 Å². The third kappa shape index (κ3) is 4.45. The molecule has 5 N–H and O–H groups in total. The lowest BCUT2D eigenvalue weighted by molar-refractivity contribution is 0.328. The van der Waals surface area contributed by atoms with Gasteiger partial charge in [0.25, 0.3) is 0 Å². The average molecular weight is 307 g/mol. The van der Waals surface area contributed by atoms with Crippen molar-refractivity contribution in [2.45, 2.75) is 4.90 Å². The maximum atomic E-state index is 11.2. The van der Waals surface area contributed by atoms with Gasteiger partial charge in [0, 0.05) is 24.0 Å². The molecule has 0 atom stereocenters. The molecule has 0 aromatic heterocycles. The van der Waals surface area contributed by atoms with E-state index in [1.807, 2.05) is 24.3 Å². The van der Waals surface area contributed by atoms with Gasteiger partial charge in [0.1, 0.15) is 12.4 Å². The molecule has 0 spiro atoms. The number of ether oxygens (including phenoxy) is 1. The Labute approximate surface area is 123 Å². The molecule has 0 bridgehead atoms. The van der Waals surface area contributed by atoms with Crippen molar-refractivity contribution < 1.29 is 13.2 Å². The van der Waals surface area contributed by atoms with Crippen molar-refractivity contribution in [1.29, 1.82) is 0 Å². The molecule has 6 nitrogen and oxygen atoms in total. The molecule has 0 aliphatic carbocycles. The standard InChI is InChI=1S/C14H17N3O3S/c15-8-9-20-13-3-1-2-12(10-13)17-11-4-6-14(7-5-11)21(16,18)19/h1-7,10,17H,8-9,15H2,(H2,16,18,19). The summed E-state index contributed by atoms with van der Waals surface area (Å²) in [5.41, 5.74) is 6.96. The Bertz CT molecular complexity index is 700. The number of sulfonamides is 1. The summed E-state index contributed by atoms with van der Waals surface area (Å²) >= 11 is 0. The quantitative estimate of drug-likeness (QED) is 0.748. The molecule has 0 fully saturated rings. The first-order valence-electron chi connectivity index (χ1n) is 6.32. The van der Waals surface area contributed by atoms with E-state index >= 15 is 0 Å². The molecule has 0 saturated heterocycles. The van der Waals surface area contributed by atoms with Crippen molar-refractivity contribution in [3.05, 3.63) is 48.5 Å². The molecule has 0 radical (unpaired) electrons. The third-order valence-corrected chi connectivity index (χ3v) is 3.62. The monoisotopic (exact) mass is 307 g/mol. The summed E-state index contributed by atoms with van der Waals surface area (Å²) in [4.78, 5) is 0.0769. The first-order valence-corrected chi connectivity index (χ1v) is 7.86. The van der Waals surface area contributed by atoms with E-state index in [1.165, 1.54) is 12.1 Å². The van der Waals surface area contributed by atoms with Crippen LogP contribution in [0.25, 0.3) is 0 Å². The molecule has 2 aromatic carbocycles. The van der Waals surface area contributed by atoms with Gasteiger partial charge in [-0.1, -0.05) is 6.07 Å². The van der Waals surface area contributed by atoms with Crippen LogP contribution in [0.3, 0.4) is 0 Å². The minimum atomic E-state index is -3.67. The molecule has 2 aromatic rings. The van der Waals surface area contributed by atoms with Gasteiger partial charge >= 0.3 is 0 Å². The SMILES string of the molecule is NCCOc1cccc(Nc2ccc(S(N)(=O)=O)cc2)c1. The van der Waals surface area contributed by atoms with Gasteiger partial charge in [-0.2, -0.15) is 0 Å². The molecule has 0 aliphatic rings. The van der Waals surface area contributed by atoms with Crippen LogP contribution in [0.2, 0.25) is 0 Å². The van der Waals surface area contributed by atoms with E-state index in [4.69, 9.17) is 15.6 Å². The molecule has 0 amide bonds. The van der Waals surface area contributed by atoms with Crippen molar-refractivity contribution in [1.82, 2.24) is 0 Å². The number of rotatable bonds is 6. The summed E-state index contributed by atoms with van der Waals surface area (Å²) in [5.74, 6) is 0.714. The van der Waals surface area contributed by atoms with E-state index in [0.29, 0.717) is 18.9 Å². The van der Waals surface area contributed by atoms with Gasteiger partial charge in [-0.15, -0.1) is 0 Å². The second-order valence-corrected chi connectivity index (χ2v) is 5.92. The Kier molecular flexibility index (Phi) is 4.79. The fourth-order valence-corrected chi connectivity index (χ4v) is 2.25. The Hall–Kier alpha value is -2.09. The average Bonchev–Trinajstić information content (AvgIpc) is 2.45. The van der Waals surface area contributed by atoms with Crippen LogP contribution in [-0.2, 0) is 10.0 Å². The predicted molar refractivity (Wildman–Crippen MR) is 82.1 cm³/mol. The number of hydrogen-bond donors (Lipinski definition) is 3. The Morgan fingerprint density at radius 1 is 1.05 bits per heavy atom. The highest BCUT2D eigenvalue weighted by Crippen LogP contribution is 2.22. The van der Waals surface area contributed by atoms with Gasteiger partial charge in [0.15, 0.2) is 0 Å². The van der Waals surface area contributed by atoms with Gasteiger partial charge in [-0.05, 0) is 36.4 Å². The Balaban J connectivity index is 2.11. The number of primary sulfonamides is 1. The Morgan fingerprint density at radius 2 is 1.76 bits per heavy atom. The molecule has 2 rings (SSSR count). The zero-order valence-corrected chi connectivity index (χ0v) is 12.1. The largest absolute Gasteiger partial charge is 0.492 e. The van der Waals surface area contributed by atoms with Crippen LogP contribution in [0, 0.1) is 0 Å². The minimum Gasteiger partial charge on any atom is -0.492 e. The second kappa shape index (κ2) is 6.57. The van der Waals surface area contributed by atoms with Crippen molar-refractivity contribution in [2.75, 3.05) is 18.5 Å². The fourth-order valence-electron chi connectivity index (χ4n) is 1.74. The van der Waals surface area contributed by atoms with E-state index in [-0.39, 0.29) is 4.90 Å². The zero-order valence-electron chi connectivity index (χ0n) is 11.3. The molecule has 0 aliphatic heterocycles. The van der Waals surface area contributed by atoms with Gasteiger partial charge in [0.05, 0.1) is 4.90 Å². The first-order chi connectivity index (χ1) is 9.99. The summed E-state index contributed by atoms with van der Waals surface area (Å²) < 4.78 is 27.8. The van der Waals surface area contributed by atoms with Crippen LogP contribution in [-0.4, -0.2) is 21.6 Å². The molecular formula is C14H17N3O3S. The number of anilines is 2. The second-order valence-electron chi connectivity index (χ2n) is 4.36. The van der Waals surface area contributed by atoms with Crippen LogP contribution in [0.5, 0.6) is 5.75 Å². The lowest BCUT2D eigenvalue weighted by atomic mass is 10.2. The van der Waals surface area contributed by atoms with E-state index in [1.54, 1.807) is 12.1 Å². The smallest absolute Gasteiger partial charge is 0.238 e. The highest BCUT2D eigenvalue weighted by Gasteiger charge is 2.06. The van der Waals surface area contributed by atoms with Crippen molar-refractivity contribution in [3.63, 3.8) is 0 Å². The van der Waals surface area contributed by atoms with Crippen LogP contribution in [0.4, 0.5) is 11.4 Å². The van der Waals surface area contributed by atoms with Crippen LogP contribution in [0.15, 0.2) is 53.4 Å². The molecule has 112 valence electrons. The number of nitrogens with two attached hydrogens (primary N) is 2. The Morgan fingerprint density at radius 3 is 2.38 bits per heavy atom. The molecule has 7 heteroatoms. The first kappa shape index (κ1) is 15.3. The van der Waals surface area contributed by atoms with Crippen molar-refractivity contribution in [3.8, 4) is 5.75 Å². The molecule has 21 heavy (non-hydrogen) atoms. The maximum Gasteiger partial charge on any atom is 0.238 e. The van der Waals surface area contributed by atoms with Crippen molar-refractivity contribution >= 4 is 21.4 Å². The van der Waals surface area contributed by atoms with Gasteiger partial charge in [-0.3, -0.25) is 0 Å². The fraction of sp³-hybridized carbons (Fsp3) is 0.143. The number of hydrogen-bond acceptors (Lipinski definition) is 5. The highest BCUT2D eigenvalue weighted by atomic mass is 32.2. The lowest BCUT2D eigenvalue weighted by Gasteiger charge is -2.09. The summed E-state index contributed by atoms with van der Waals surface area (Å²) in [7, 11) is -3.67. The van der Waals surface area contributed by atoms with E-state index in [0.717, 1.165) is 11.4 Å². The van der Waals surface area contributed by atoms with Gasteiger partial charge < -0.3 is 15.8 Å². The summed E-state index contributed by atoms with van der Waals surface area (Å²) in [5, 5.41) is 8.20. The number of benzene rings is 2. The normalized spacial score (nSPS) is 11.1. The minimum absolute atomic E-state index is 0.0769. The maximum absolute atomic E-state index is 11.2.